The molecular weight excluding hydrogens is 596 g/mol. The minimum absolute atomic E-state index is 0.565. The van der Waals surface area contributed by atoms with Crippen molar-refractivity contribution in [3.05, 3.63) is 198 Å². The molecule has 1 aliphatic rings. The fourth-order valence-electron chi connectivity index (χ4n) is 6.28. The lowest BCUT2D eigenvalue weighted by Gasteiger charge is -2.30. The third kappa shape index (κ3) is 5.09. The molecule has 5 heteroatoms. The van der Waals surface area contributed by atoms with Crippen LogP contribution in [0.3, 0.4) is 0 Å². The van der Waals surface area contributed by atoms with E-state index >= 15 is 0 Å². The third-order valence-corrected chi connectivity index (χ3v) is 8.73. The number of halogens is 1. The summed E-state index contributed by atoms with van der Waals surface area (Å²) in [5, 5.41) is 0.565. The van der Waals surface area contributed by atoms with Crippen molar-refractivity contribution in [1.29, 1.82) is 0 Å². The molecule has 0 atom stereocenters. The van der Waals surface area contributed by atoms with Gasteiger partial charge in [0, 0.05) is 33.4 Å². The zero-order valence-corrected chi connectivity index (χ0v) is 26.2. The first-order valence-electron chi connectivity index (χ1n) is 15.6. The summed E-state index contributed by atoms with van der Waals surface area (Å²) in [6.07, 6.45) is 0. The Morgan fingerprint density at radius 1 is 0.426 bits per heavy atom. The van der Waals surface area contributed by atoms with Gasteiger partial charge in [0.15, 0.2) is 0 Å². The van der Waals surface area contributed by atoms with Gasteiger partial charge in [-0.1, -0.05) is 181 Å². The smallest absolute Gasteiger partial charge is 0.263 e. The highest BCUT2D eigenvalue weighted by atomic mass is 35.5. The van der Waals surface area contributed by atoms with E-state index in [1.165, 1.54) is 0 Å². The van der Waals surface area contributed by atoms with Gasteiger partial charge in [-0.2, -0.15) is 0 Å². The zero-order valence-electron chi connectivity index (χ0n) is 25.4. The lowest BCUT2D eigenvalue weighted by atomic mass is 10.0. The molecule has 224 valence electrons. The molecule has 0 bridgehead atoms. The standard InChI is InChI=1S/C42H29ClN4/c43-36-29-17-16-28-35(36)42(45-37(30-18-6-1-7-19-30)38(46-42)31-20-8-2-9-21-31)47-40(33-24-12-4-13-25-33)39(32-22-10-3-11-23-32)44-41(47)34-26-14-5-15-27-34/h1-29H. The summed E-state index contributed by atoms with van der Waals surface area (Å²) in [5.41, 5.74) is 8.91. The average molecular weight is 625 g/mol. The molecule has 0 saturated heterocycles. The first kappa shape index (κ1) is 28.6. The van der Waals surface area contributed by atoms with E-state index in [4.69, 9.17) is 26.6 Å². The predicted octanol–water partition coefficient (Wildman–Crippen LogP) is 10.2. The molecule has 0 N–H and O–H groups in total. The Hall–Kier alpha value is -5.84. The summed E-state index contributed by atoms with van der Waals surface area (Å²) >= 11 is 7.18. The van der Waals surface area contributed by atoms with Crippen molar-refractivity contribution in [2.24, 2.45) is 9.98 Å². The van der Waals surface area contributed by atoms with Gasteiger partial charge in [0.05, 0.1) is 27.8 Å². The van der Waals surface area contributed by atoms with E-state index in [2.05, 4.69) is 77.4 Å². The first-order valence-corrected chi connectivity index (χ1v) is 16.0. The van der Waals surface area contributed by atoms with Crippen LogP contribution in [-0.2, 0) is 5.79 Å². The van der Waals surface area contributed by atoms with Crippen molar-refractivity contribution >= 4 is 23.0 Å². The molecule has 0 fully saturated rings. The minimum atomic E-state index is -1.34. The van der Waals surface area contributed by atoms with Crippen molar-refractivity contribution in [3.8, 4) is 33.9 Å². The molecule has 2 heterocycles. The molecule has 0 aliphatic carbocycles. The number of aliphatic imine (C=N–C) groups is 2. The van der Waals surface area contributed by atoms with Crippen LogP contribution in [0, 0.1) is 0 Å². The Kier molecular flexibility index (Phi) is 7.41. The number of nitrogens with zero attached hydrogens (tertiary/aromatic N) is 4. The summed E-state index contributed by atoms with van der Waals surface area (Å²) < 4.78 is 2.19. The molecule has 0 unspecified atom stereocenters. The van der Waals surface area contributed by atoms with Crippen LogP contribution >= 0.6 is 11.6 Å². The lowest BCUT2D eigenvalue weighted by Crippen LogP contribution is -2.31. The van der Waals surface area contributed by atoms with Gasteiger partial charge in [-0.3, -0.25) is 4.57 Å². The second-order valence-corrected chi connectivity index (χ2v) is 11.7. The van der Waals surface area contributed by atoms with E-state index in [-0.39, 0.29) is 0 Å². The molecule has 0 saturated carbocycles. The molecule has 47 heavy (non-hydrogen) atoms. The molecule has 7 aromatic rings. The molecule has 0 radical (unpaired) electrons. The Balaban J connectivity index is 1.57. The molecule has 1 aliphatic heterocycles. The highest BCUT2D eigenvalue weighted by Crippen LogP contribution is 2.47. The van der Waals surface area contributed by atoms with E-state index in [0.717, 1.165) is 62.0 Å². The zero-order chi connectivity index (χ0) is 31.6. The molecule has 8 rings (SSSR count). The van der Waals surface area contributed by atoms with Crippen LogP contribution in [0.1, 0.15) is 16.7 Å². The number of hydrogen-bond donors (Lipinski definition) is 0. The van der Waals surface area contributed by atoms with Crippen molar-refractivity contribution in [3.63, 3.8) is 0 Å². The Labute approximate surface area is 279 Å². The fourth-order valence-corrected chi connectivity index (χ4v) is 6.54. The summed E-state index contributed by atoms with van der Waals surface area (Å²) in [5.74, 6) is -0.608. The van der Waals surface area contributed by atoms with E-state index in [0.29, 0.717) is 5.02 Å². The molecule has 1 aromatic heterocycles. The Morgan fingerprint density at radius 2 is 0.830 bits per heavy atom. The predicted molar refractivity (Wildman–Crippen MR) is 193 cm³/mol. The molecule has 4 nitrogen and oxygen atoms in total. The van der Waals surface area contributed by atoms with E-state index in [1.54, 1.807) is 0 Å². The molecular formula is C42H29ClN4. The maximum atomic E-state index is 7.18. The Morgan fingerprint density at radius 3 is 1.32 bits per heavy atom. The highest BCUT2D eigenvalue weighted by molar-refractivity contribution is 6.54. The number of hydrogen-bond acceptors (Lipinski definition) is 3. The van der Waals surface area contributed by atoms with Crippen LogP contribution in [0.4, 0.5) is 0 Å². The minimum Gasteiger partial charge on any atom is -0.275 e. The number of aromatic nitrogens is 2. The van der Waals surface area contributed by atoms with Crippen LogP contribution in [0.25, 0.3) is 33.9 Å². The maximum Gasteiger partial charge on any atom is 0.263 e. The van der Waals surface area contributed by atoms with Crippen molar-refractivity contribution in [2.75, 3.05) is 0 Å². The largest absolute Gasteiger partial charge is 0.275 e. The van der Waals surface area contributed by atoms with Crippen molar-refractivity contribution < 1.29 is 0 Å². The first-order chi connectivity index (χ1) is 23.2. The summed E-state index contributed by atoms with van der Waals surface area (Å²) in [6.45, 7) is 0. The third-order valence-electron chi connectivity index (χ3n) is 8.41. The monoisotopic (exact) mass is 624 g/mol. The van der Waals surface area contributed by atoms with Gasteiger partial charge in [0.1, 0.15) is 5.82 Å². The van der Waals surface area contributed by atoms with Crippen molar-refractivity contribution in [1.82, 2.24) is 9.55 Å². The molecule has 0 amide bonds. The SMILES string of the molecule is Clc1ccccc1C1(n2c(-c3ccccc3)nc(-c3ccccc3)c2-c2ccccc2)N=C(c2ccccc2)C(c2ccccc2)=N1. The topological polar surface area (TPSA) is 42.5 Å². The second-order valence-electron chi connectivity index (χ2n) is 11.3. The number of benzene rings is 6. The van der Waals surface area contributed by atoms with Gasteiger partial charge < -0.3 is 0 Å². The van der Waals surface area contributed by atoms with Gasteiger partial charge in [-0.15, -0.1) is 0 Å². The van der Waals surface area contributed by atoms with Crippen LogP contribution in [0.5, 0.6) is 0 Å². The van der Waals surface area contributed by atoms with Gasteiger partial charge in [-0.25, -0.2) is 15.0 Å². The number of rotatable bonds is 7. The molecule has 6 aromatic carbocycles. The molecule has 0 spiro atoms. The second kappa shape index (κ2) is 12.2. The van der Waals surface area contributed by atoms with E-state index in [9.17, 15) is 0 Å². The van der Waals surface area contributed by atoms with Crippen LogP contribution < -0.4 is 0 Å². The van der Waals surface area contributed by atoms with Gasteiger partial charge in [0.25, 0.3) is 5.79 Å². The van der Waals surface area contributed by atoms with Gasteiger partial charge >= 0.3 is 0 Å². The average Bonchev–Trinajstić information content (AvgIpc) is 3.75. The van der Waals surface area contributed by atoms with E-state index in [1.807, 2.05) is 103 Å². The summed E-state index contributed by atoms with van der Waals surface area (Å²) in [7, 11) is 0. The lowest BCUT2D eigenvalue weighted by molar-refractivity contribution is 0.409. The van der Waals surface area contributed by atoms with E-state index < -0.39 is 5.79 Å². The summed E-state index contributed by atoms with van der Waals surface area (Å²) in [6, 6.07) is 59.3. The Bertz CT molecular complexity index is 2170. The van der Waals surface area contributed by atoms with Gasteiger partial charge in [0.2, 0.25) is 0 Å². The van der Waals surface area contributed by atoms with Crippen LogP contribution in [0.15, 0.2) is 186 Å². The fraction of sp³-hybridized carbons (Fsp3) is 0.0238. The normalized spacial score (nSPS) is 13.6. The quantitative estimate of drug-likeness (QED) is 0.174. The van der Waals surface area contributed by atoms with Crippen molar-refractivity contribution in [2.45, 2.75) is 5.79 Å². The van der Waals surface area contributed by atoms with Gasteiger partial charge in [-0.05, 0) is 6.07 Å². The van der Waals surface area contributed by atoms with Crippen LogP contribution in [-0.4, -0.2) is 21.0 Å². The highest BCUT2D eigenvalue weighted by Gasteiger charge is 2.46. The maximum absolute atomic E-state index is 7.18. The summed E-state index contributed by atoms with van der Waals surface area (Å²) in [4.78, 5) is 16.8. The van der Waals surface area contributed by atoms with Crippen LogP contribution in [0.2, 0.25) is 5.02 Å². The number of imidazole rings is 1.